The van der Waals surface area contributed by atoms with Crippen LogP contribution in [0.3, 0.4) is 0 Å². The quantitative estimate of drug-likeness (QED) is 0.225. The van der Waals surface area contributed by atoms with Gasteiger partial charge in [0.05, 0.1) is 17.7 Å². The Kier molecular flexibility index (Phi) is 10.6. The van der Waals surface area contributed by atoms with Crippen LogP contribution in [0.5, 0.6) is 5.75 Å². The Labute approximate surface area is 262 Å². The molecule has 0 radical (unpaired) electrons. The van der Waals surface area contributed by atoms with Crippen LogP contribution in [0.4, 0.5) is 10.1 Å². The number of hydrogen-bond donors (Lipinski definition) is 1. The number of nitrogens with zero attached hydrogens (tertiary/aromatic N) is 2. The second kappa shape index (κ2) is 14.4. The largest absolute Gasteiger partial charge is 0.495 e. The fourth-order valence-electron chi connectivity index (χ4n) is 4.74. The zero-order valence-electron chi connectivity index (χ0n) is 24.5. The van der Waals surface area contributed by atoms with Crippen LogP contribution in [-0.4, -0.2) is 51.9 Å². The van der Waals surface area contributed by atoms with Crippen molar-refractivity contribution >= 4 is 39.1 Å². The normalized spacial score (nSPS) is 11.8. The van der Waals surface area contributed by atoms with Gasteiger partial charge in [-0.1, -0.05) is 77.8 Å². The molecule has 0 aliphatic carbocycles. The average Bonchev–Trinajstić information content (AvgIpc) is 3.02. The van der Waals surface area contributed by atoms with E-state index in [1.54, 1.807) is 30.3 Å². The van der Waals surface area contributed by atoms with Gasteiger partial charge in [-0.15, -0.1) is 0 Å². The Bertz CT molecular complexity index is 1720. The van der Waals surface area contributed by atoms with Crippen molar-refractivity contribution < 1.29 is 27.1 Å². The van der Waals surface area contributed by atoms with Gasteiger partial charge in [-0.05, 0) is 48.9 Å². The van der Waals surface area contributed by atoms with E-state index in [-0.39, 0.29) is 39.9 Å². The van der Waals surface area contributed by atoms with Crippen molar-refractivity contribution in [3.63, 3.8) is 0 Å². The molecule has 230 valence electrons. The molecule has 0 saturated carbocycles. The molecule has 2 amide bonds. The molecule has 0 aromatic heterocycles. The molecule has 0 heterocycles. The molecule has 4 rings (SSSR count). The summed E-state index contributed by atoms with van der Waals surface area (Å²) in [6.07, 6.45) is 0.103. The molecule has 4 aromatic rings. The van der Waals surface area contributed by atoms with Gasteiger partial charge in [-0.2, -0.15) is 0 Å². The Hall–Kier alpha value is -4.41. The summed E-state index contributed by atoms with van der Waals surface area (Å²) in [6, 6.07) is 24.5. The van der Waals surface area contributed by atoms with Gasteiger partial charge in [0.15, 0.2) is 0 Å². The number of carbonyl (C=O) groups is 2. The molecule has 11 heteroatoms. The maximum atomic E-state index is 14.9. The van der Waals surface area contributed by atoms with Crippen molar-refractivity contribution in [3.8, 4) is 5.75 Å². The van der Waals surface area contributed by atoms with E-state index in [0.29, 0.717) is 0 Å². The van der Waals surface area contributed by atoms with E-state index >= 15 is 0 Å². The number of methoxy groups -OCH3 is 1. The first kappa shape index (κ1) is 32.5. The summed E-state index contributed by atoms with van der Waals surface area (Å²) >= 11 is 6.29. The fraction of sp³-hybridized carbons (Fsp3) is 0.212. The minimum absolute atomic E-state index is 0.0271. The molecule has 0 fully saturated rings. The van der Waals surface area contributed by atoms with Crippen LogP contribution in [0.15, 0.2) is 102 Å². The van der Waals surface area contributed by atoms with Crippen LogP contribution in [0.25, 0.3) is 0 Å². The molecule has 8 nitrogen and oxygen atoms in total. The summed E-state index contributed by atoms with van der Waals surface area (Å²) < 4.78 is 49.6. The number of nitrogens with one attached hydrogen (secondary N) is 1. The van der Waals surface area contributed by atoms with Crippen molar-refractivity contribution in [3.05, 3.63) is 125 Å². The van der Waals surface area contributed by atoms with E-state index in [2.05, 4.69) is 5.32 Å². The molecule has 0 aliphatic rings. The van der Waals surface area contributed by atoms with Crippen LogP contribution < -0.4 is 14.4 Å². The van der Waals surface area contributed by atoms with Crippen molar-refractivity contribution in [2.24, 2.45) is 0 Å². The van der Waals surface area contributed by atoms with Crippen molar-refractivity contribution in [2.45, 2.75) is 30.8 Å². The Morgan fingerprint density at radius 3 is 2.25 bits per heavy atom. The molecular weight excluding hydrogens is 605 g/mol. The molecule has 1 N–H and O–H groups in total. The van der Waals surface area contributed by atoms with Gasteiger partial charge in [-0.3, -0.25) is 13.9 Å². The van der Waals surface area contributed by atoms with E-state index in [1.807, 2.05) is 25.1 Å². The average molecular weight is 638 g/mol. The van der Waals surface area contributed by atoms with Gasteiger partial charge in [-0.25, -0.2) is 12.8 Å². The van der Waals surface area contributed by atoms with E-state index in [0.717, 1.165) is 15.4 Å². The SMILES string of the molecule is CNC(=O)[C@@H](Cc1ccccc1)N(Cc1ccccc1F)C(=O)CN(c1cc(Cl)ccc1OC)S(=O)(=O)c1ccc(C)cc1. The number of aryl methyl sites for hydroxylation is 1. The third-order valence-electron chi connectivity index (χ3n) is 7.11. The molecule has 0 spiro atoms. The highest BCUT2D eigenvalue weighted by Gasteiger charge is 2.35. The number of amides is 2. The highest BCUT2D eigenvalue weighted by atomic mass is 35.5. The van der Waals surface area contributed by atoms with Gasteiger partial charge >= 0.3 is 0 Å². The molecule has 44 heavy (non-hydrogen) atoms. The molecule has 1 atom stereocenters. The number of sulfonamides is 1. The number of halogens is 2. The van der Waals surface area contributed by atoms with E-state index in [4.69, 9.17) is 16.3 Å². The zero-order chi connectivity index (χ0) is 31.9. The minimum Gasteiger partial charge on any atom is -0.495 e. The molecule has 0 aliphatic heterocycles. The number of carbonyl (C=O) groups excluding carboxylic acids is 2. The van der Waals surface area contributed by atoms with E-state index in [9.17, 15) is 22.4 Å². The van der Waals surface area contributed by atoms with Crippen LogP contribution in [0.2, 0.25) is 5.02 Å². The second-order valence-corrected chi connectivity index (χ2v) is 12.4. The predicted molar refractivity (Wildman–Crippen MR) is 169 cm³/mol. The number of likely N-dealkylation sites (N-methyl/N-ethyl adjacent to an activating group) is 1. The van der Waals surface area contributed by atoms with E-state index < -0.39 is 40.2 Å². The Morgan fingerprint density at radius 2 is 1.61 bits per heavy atom. The lowest BCUT2D eigenvalue weighted by Crippen LogP contribution is -2.53. The van der Waals surface area contributed by atoms with Crippen LogP contribution in [0, 0.1) is 12.7 Å². The highest BCUT2D eigenvalue weighted by molar-refractivity contribution is 7.92. The number of ether oxygens (including phenoxy) is 1. The van der Waals surface area contributed by atoms with Gasteiger partial charge < -0.3 is 15.0 Å². The summed E-state index contributed by atoms with van der Waals surface area (Å²) in [4.78, 5) is 28.8. The maximum absolute atomic E-state index is 14.9. The summed E-state index contributed by atoms with van der Waals surface area (Å²) in [5, 5.41) is 2.81. The Balaban J connectivity index is 1.85. The predicted octanol–water partition coefficient (Wildman–Crippen LogP) is 5.38. The topological polar surface area (TPSA) is 96.0 Å². The van der Waals surface area contributed by atoms with Crippen molar-refractivity contribution in [1.82, 2.24) is 10.2 Å². The second-order valence-electron chi connectivity index (χ2n) is 10.1. The van der Waals surface area contributed by atoms with Gasteiger partial charge in [0, 0.05) is 30.6 Å². The van der Waals surface area contributed by atoms with Gasteiger partial charge in [0.25, 0.3) is 10.0 Å². The number of rotatable bonds is 12. The van der Waals surface area contributed by atoms with Gasteiger partial charge in [0.2, 0.25) is 11.8 Å². The fourth-order valence-corrected chi connectivity index (χ4v) is 6.32. The molecule has 0 saturated heterocycles. The molecule has 4 aromatic carbocycles. The maximum Gasteiger partial charge on any atom is 0.264 e. The number of anilines is 1. The zero-order valence-corrected chi connectivity index (χ0v) is 26.1. The first-order chi connectivity index (χ1) is 21.0. The van der Waals surface area contributed by atoms with Crippen LogP contribution in [-0.2, 0) is 32.6 Å². The third-order valence-corrected chi connectivity index (χ3v) is 9.12. The smallest absolute Gasteiger partial charge is 0.264 e. The number of hydrogen-bond acceptors (Lipinski definition) is 5. The van der Waals surface area contributed by atoms with Gasteiger partial charge in [0.1, 0.15) is 24.2 Å². The first-order valence-corrected chi connectivity index (χ1v) is 15.6. The minimum atomic E-state index is -4.37. The van der Waals surface area contributed by atoms with Crippen molar-refractivity contribution in [1.29, 1.82) is 0 Å². The summed E-state index contributed by atoms with van der Waals surface area (Å²) in [7, 11) is -1.55. The van der Waals surface area contributed by atoms with E-state index in [1.165, 1.54) is 67.6 Å². The molecular formula is C33H33ClFN3O5S. The first-order valence-electron chi connectivity index (χ1n) is 13.8. The molecule has 0 bridgehead atoms. The monoisotopic (exact) mass is 637 g/mol. The lowest BCUT2D eigenvalue weighted by molar-refractivity contribution is -0.139. The van der Waals surface area contributed by atoms with Crippen LogP contribution in [0.1, 0.15) is 16.7 Å². The standard InChI is InChI=1S/C33H33ClFN3O5S/c1-23-13-16-27(17-14-23)44(41,42)38(29-20-26(34)15-18-31(29)43-3)22-32(39)37(21-25-11-7-8-12-28(25)35)30(33(40)36-2)19-24-9-5-4-6-10-24/h4-18,20,30H,19,21-22H2,1-3H3,(H,36,40)/t30-/m1/s1. The lowest BCUT2D eigenvalue weighted by atomic mass is 10.0. The summed E-state index contributed by atoms with van der Waals surface area (Å²) in [5.41, 5.74) is 1.79. The summed E-state index contributed by atoms with van der Waals surface area (Å²) in [5.74, 6) is -1.64. The highest BCUT2D eigenvalue weighted by Crippen LogP contribution is 2.35. The number of benzene rings is 4. The lowest BCUT2D eigenvalue weighted by Gasteiger charge is -2.34. The third kappa shape index (κ3) is 7.56. The summed E-state index contributed by atoms with van der Waals surface area (Å²) in [6.45, 7) is 0.801. The van der Waals surface area contributed by atoms with Crippen molar-refractivity contribution in [2.75, 3.05) is 25.0 Å². The molecule has 0 unspecified atom stereocenters. The van der Waals surface area contributed by atoms with Crippen LogP contribution >= 0.6 is 11.6 Å². The Morgan fingerprint density at radius 1 is 0.955 bits per heavy atom.